The Morgan fingerprint density at radius 1 is 1.00 bits per heavy atom. The lowest BCUT2D eigenvalue weighted by Crippen LogP contribution is -2.29. The van der Waals surface area contributed by atoms with Crippen LogP contribution in [0.2, 0.25) is 0 Å². The third-order valence-electron chi connectivity index (χ3n) is 3.42. The van der Waals surface area contributed by atoms with Gasteiger partial charge in [0.1, 0.15) is 12.0 Å². The summed E-state index contributed by atoms with van der Waals surface area (Å²) >= 11 is 0. The molecule has 0 aliphatic carbocycles. The number of halogens is 2. The number of hydrogen-bond acceptors (Lipinski definition) is 4. The molecule has 3 aromatic rings. The minimum atomic E-state index is -1.08. The van der Waals surface area contributed by atoms with Crippen molar-refractivity contribution in [2.45, 2.75) is 13.8 Å². The number of aromatic nitrogens is 4. The average Bonchev–Trinajstić information content (AvgIpc) is 2.44. The van der Waals surface area contributed by atoms with E-state index in [2.05, 4.69) is 10.2 Å². The Hall–Kier alpha value is -2.90. The van der Waals surface area contributed by atoms with Crippen molar-refractivity contribution in [1.29, 1.82) is 0 Å². The van der Waals surface area contributed by atoms with Crippen molar-refractivity contribution in [1.82, 2.24) is 19.2 Å². The maximum absolute atomic E-state index is 14.2. The van der Waals surface area contributed by atoms with Crippen LogP contribution in [0.15, 0.2) is 34.0 Å². The van der Waals surface area contributed by atoms with Gasteiger partial charge in [-0.2, -0.15) is 4.39 Å². The van der Waals surface area contributed by atoms with Gasteiger partial charge in [0, 0.05) is 0 Å². The van der Waals surface area contributed by atoms with Crippen molar-refractivity contribution >= 4 is 5.78 Å². The third kappa shape index (κ3) is 2.00. The van der Waals surface area contributed by atoms with Gasteiger partial charge < -0.3 is 0 Å². The van der Waals surface area contributed by atoms with Gasteiger partial charge in [-0.15, -0.1) is 10.2 Å². The second-order valence-electron chi connectivity index (χ2n) is 4.85. The molecule has 1 aromatic carbocycles. The molecule has 0 unspecified atom stereocenters. The van der Waals surface area contributed by atoms with Gasteiger partial charge in [-0.1, -0.05) is 0 Å². The van der Waals surface area contributed by atoms with Gasteiger partial charge in [-0.05, 0) is 37.1 Å². The molecule has 2 heterocycles. The minimum Gasteiger partial charge on any atom is -0.269 e. The van der Waals surface area contributed by atoms with Crippen molar-refractivity contribution < 1.29 is 8.78 Å². The van der Waals surface area contributed by atoms with Crippen molar-refractivity contribution in [3.8, 4) is 5.69 Å². The van der Waals surface area contributed by atoms with Crippen LogP contribution in [0.1, 0.15) is 11.1 Å². The number of fused-ring (bicyclic) bond motifs is 1. The summed E-state index contributed by atoms with van der Waals surface area (Å²) in [5, 5.41) is 7.02. The molecule has 112 valence electrons. The zero-order valence-corrected chi connectivity index (χ0v) is 11.7. The van der Waals surface area contributed by atoms with Crippen LogP contribution >= 0.6 is 0 Å². The van der Waals surface area contributed by atoms with Crippen molar-refractivity contribution in [3.05, 3.63) is 68.0 Å². The summed E-state index contributed by atoms with van der Waals surface area (Å²) in [7, 11) is 0. The zero-order chi connectivity index (χ0) is 16.0. The second kappa shape index (κ2) is 4.83. The van der Waals surface area contributed by atoms with Crippen LogP contribution in [-0.2, 0) is 0 Å². The number of rotatable bonds is 1. The average molecular weight is 304 g/mol. The van der Waals surface area contributed by atoms with Crippen LogP contribution in [0, 0.1) is 25.6 Å². The van der Waals surface area contributed by atoms with E-state index in [9.17, 15) is 18.4 Å². The molecule has 6 nitrogen and oxygen atoms in total. The van der Waals surface area contributed by atoms with E-state index in [1.807, 2.05) is 0 Å². The Kier molecular flexibility index (Phi) is 3.09. The highest BCUT2D eigenvalue weighted by Crippen LogP contribution is 2.18. The first kappa shape index (κ1) is 14.1. The highest BCUT2D eigenvalue weighted by molar-refractivity contribution is 5.47. The third-order valence-corrected chi connectivity index (χ3v) is 3.42. The first-order chi connectivity index (χ1) is 10.4. The van der Waals surface area contributed by atoms with Crippen LogP contribution in [-0.4, -0.2) is 19.2 Å². The maximum atomic E-state index is 14.2. The minimum absolute atomic E-state index is 0.120. The molecular formula is C14H10F2N4O2. The maximum Gasteiger partial charge on any atom is 0.280 e. The van der Waals surface area contributed by atoms with E-state index in [1.54, 1.807) is 13.8 Å². The largest absolute Gasteiger partial charge is 0.280 e. The van der Waals surface area contributed by atoms with Crippen LogP contribution < -0.4 is 11.1 Å². The quantitative estimate of drug-likeness (QED) is 0.632. The van der Waals surface area contributed by atoms with Crippen LogP contribution in [0.5, 0.6) is 0 Å². The standard InChI is InChI=1S/C14H10F2N4O2/c1-7-3-9(15)10(4-8(7)2)19-12(21)5-11(16)20-13(22)6-17-18-14(19)20/h3-6H,1-2H3. The van der Waals surface area contributed by atoms with Gasteiger partial charge in [0.15, 0.2) is 0 Å². The highest BCUT2D eigenvalue weighted by atomic mass is 19.1. The topological polar surface area (TPSA) is 69.3 Å². The molecule has 2 aromatic heterocycles. The van der Waals surface area contributed by atoms with E-state index in [-0.39, 0.29) is 11.5 Å². The van der Waals surface area contributed by atoms with Crippen LogP contribution in [0.25, 0.3) is 11.5 Å². The first-order valence-corrected chi connectivity index (χ1v) is 6.33. The van der Waals surface area contributed by atoms with E-state index in [4.69, 9.17) is 0 Å². The van der Waals surface area contributed by atoms with Gasteiger partial charge in [0.2, 0.25) is 11.7 Å². The lowest BCUT2D eigenvalue weighted by atomic mass is 10.1. The lowest BCUT2D eigenvalue weighted by molar-refractivity contribution is 0.541. The Morgan fingerprint density at radius 3 is 2.41 bits per heavy atom. The fourth-order valence-corrected chi connectivity index (χ4v) is 2.17. The van der Waals surface area contributed by atoms with Gasteiger partial charge in [-0.25, -0.2) is 13.4 Å². The second-order valence-corrected chi connectivity index (χ2v) is 4.85. The number of hydrogen-bond donors (Lipinski definition) is 0. The molecule has 22 heavy (non-hydrogen) atoms. The van der Waals surface area contributed by atoms with E-state index in [0.29, 0.717) is 16.0 Å². The summed E-state index contributed by atoms with van der Waals surface area (Å²) in [5.41, 5.74) is -0.341. The van der Waals surface area contributed by atoms with Gasteiger partial charge >= 0.3 is 0 Å². The number of aryl methyl sites for hydroxylation is 2. The predicted octanol–water partition coefficient (Wildman–Crippen LogP) is 1.14. The summed E-state index contributed by atoms with van der Waals surface area (Å²) in [6.45, 7) is 3.46. The van der Waals surface area contributed by atoms with Gasteiger partial charge in [0.05, 0.1) is 11.8 Å². The molecule has 0 aliphatic rings. The molecule has 3 rings (SSSR count). The fourth-order valence-electron chi connectivity index (χ4n) is 2.17. The molecule has 0 bridgehead atoms. The van der Waals surface area contributed by atoms with Crippen LogP contribution in [0.3, 0.4) is 0 Å². The SMILES string of the molecule is Cc1cc(F)c(-n2c(=O)cc(F)n3c(=O)cnnc23)cc1C. The Labute approximate surface area is 122 Å². The molecule has 0 radical (unpaired) electrons. The molecular weight excluding hydrogens is 294 g/mol. The Bertz CT molecular complexity index is 1020. The molecule has 0 aliphatic heterocycles. The lowest BCUT2D eigenvalue weighted by Gasteiger charge is -2.12. The Balaban J connectivity index is 2.52. The molecule has 0 amide bonds. The monoisotopic (exact) mass is 304 g/mol. The van der Waals surface area contributed by atoms with Crippen molar-refractivity contribution in [2.75, 3.05) is 0 Å². The first-order valence-electron chi connectivity index (χ1n) is 6.33. The molecule has 0 saturated heterocycles. The van der Waals surface area contributed by atoms with Crippen molar-refractivity contribution in [3.63, 3.8) is 0 Å². The zero-order valence-electron chi connectivity index (χ0n) is 11.7. The van der Waals surface area contributed by atoms with E-state index < -0.39 is 22.9 Å². The molecule has 0 spiro atoms. The van der Waals surface area contributed by atoms with E-state index >= 15 is 0 Å². The number of benzene rings is 1. The van der Waals surface area contributed by atoms with E-state index in [1.165, 1.54) is 12.1 Å². The van der Waals surface area contributed by atoms with Crippen molar-refractivity contribution in [2.24, 2.45) is 0 Å². The fraction of sp³-hybridized carbons (Fsp3) is 0.143. The summed E-state index contributed by atoms with van der Waals surface area (Å²) in [5.74, 6) is -2.16. The predicted molar refractivity (Wildman–Crippen MR) is 74.2 cm³/mol. The van der Waals surface area contributed by atoms with Gasteiger partial charge in [0.25, 0.3) is 11.1 Å². The molecule has 8 heteroatoms. The number of nitrogens with zero attached hydrogens (tertiary/aromatic N) is 4. The molecule has 0 saturated carbocycles. The highest BCUT2D eigenvalue weighted by Gasteiger charge is 2.16. The molecule has 0 fully saturated rings. The van der Waals surface area contributed by atoms with Gasteiger partial charge in [-0.3, -0.25) is 9.59 Å². The summed E-state index contributed by atoms with van der Waals surface area (Å²) in [4.78, 5) is 23.8. The Morgan fingerprint density at radius 2 is 1.68 bits per heavy atom. The smallest absolute Gasteiger partial charge is 0.269 e. The molecule has 0 atom stereocenters. The summed E-state index contributed by atoms with van der Waals surface area (Å²) in [6, 6.07) is 3.29. The summed E-state index contributed by atoms with van der Waals surface area (Å²) in [6.07, 6.45) is 0.807. The van der Waals surface area contributed by atoms with E-state index in [0.717, 1.165) is 16.3 Å². The molecule has 0 N–H and O–H groups in total. The summed E-state index contributed by atoms with van der Waals surface area (Å²) < 4.78 is 29.4. The normalized spacial score (nSPS) is 11.1. The van der Waals surface area contributed by atoms with Crippen LogP contribution in [0.4, 0.5) is 8.78 Å².